The standard InChI is InChI=1S/C34H47N/c1-32(2,3)35(6)27-17-19-33(4)26(22-27)13-14-28-30-16-15-29(34(30,5)20-18-31(28)33)25-12-11-23-9-7-8-10-24(23)21-25/h7-13,21,27-31H,14-20,22H2,1-6H3/t27-,28+,29-,30+,31+,33+,34-/m1/s1. The van der Waals surface area contributed by atoms with E-state index in [0.717, 1.165) is 23.7 Å². The van der Waals surface area contributed by atoms with E-state index in [0.29, 0.717) is 16.9 Å². The van der Waals surface area contributed by atoms with Crippen LogP contribution < -0.4 is 0 Å². The minimum Gasteiger partial charge on any atom is -0.298 e. The van der Waals surface area contributed by atoms with Gasteiger partial charge in [-0.3, -0.25) is 4.90 Å². The molecule has 0 N–H and O–H groups in total. The number of hydrogen-bond donors (Lipinski definition) is 0. The summed E-state index contributed by atoms with van der Waals surface area (Å²) in [6, 6.07) is 17.0. The van der Waals surface area contributed by atoms with E-state index in [1.807, 2.05) is 5.57 Å². The number of benzene rings is 2. The second-order valence-corrected chi connectivity index (χ2v) is 14.2. The highest BCUT2D eigenvalue weighted by Gasteiger charge is 2.59. The molecule has 188 valence electrons. The van der Waals surface area contributed by atoms with Gasteiger partial charge in [0.2, 0.25) is 0 Å². The second-order valence-electron chi connectivity index (χ2n) is 14.2. The van der Waals surface area contributed by atoms with Crippen molar-refractivity contribution in [2.24, 2.45) is 28.6 Å². The average molecular weight is 470 g/mol. The molecule has 0 saturated heterocycles. The van der Waals surface area contributed by atoms with Crippen molar-refractivity contribution >= 4 is 10.8 Å². The van der Waals surface area contributed by atoms with Gasteiger partial charge < -0.3 is 0 Å². The fourth-order valence-electron chi connectivity index (χ4n) is 9.49. The molecule has 3 fully saturated rings. The largest absolute Gasteiger partial charge is 0.298 e. The van der Waals surface area contributed by atoms with Crippen molar-refractivity contribution in [3.05, 3.63) is 59.7 Å². The summed E-state index contributed by atoms with van der Waals surface area (Å²) >= 11 is 0. The smallest absolute Gasteiger partial charge is 0.0135 e. The summed E-state index contributed by atoms with van der Waals surface area (Å²) in [5.41, 5.74) is 4.59. The molecular weight excluding hydrogens is 422 g/mol. The van der Waals surface area contributed by atoms with Crippen molar-refractivity contribution in [3.8, 4) is 0 Å². The van der Waals surface area contributed by atoms with Crippen molar-refractivity contribution in [3.63, 3.8) is 0 Å². The fraction of sp³-hybridized carbons (Fsp3) is 0.647. The summed E-state index contributed by atoms with van der Waals surface area (Å²) in [6.45, 7) is 12.5. The Labute approximate surface area is 214 Å². The molecule has 3 saturated carbocycles. The molecule has 4 aliphatic rings. The van der Waals surface area contributed by atoms with Crippen LogP contribution in [0.15, 0.2) is 54.1 Å². The van der Waals surface area contributed by atoms with Crippen LogP contribution in [0, 0.1) is 28.6 Å². The van der Waals surface area contributed by atoms with Crippen LogP contribution >= 0.6 is 0 Å². The monoisotopic (exact) mass is 469 g/mol. The van der Waals surface area contributed by atoms with Crippen LogP contribution in [0.2, 0.25) is 0 Å². The fourth-order valence-corrected chi connectivity index (χ4v) is 9.49. The van der Waals surface area contributed by atoms with Gasteiger partial charge >= 0.3 is 0 Å². The van der Waals surface area contributed by atoms with E-state index >= 15 is 0 Å². The van der Waals surface area contributed by atoms with E-state index < -0.39 is 0 Å². The quantitative estimate of drug-likeness (QED) is 0.397. The molecule has 35 heavy (non-hydrogen) atoms. The molecule has 7 atom stereocenters. The SMILES string of the molecule is CN([C@@H]1CC[C@@]2(C)C(=CC[C@H]3[C@@H]4CC[C@H](c5ccc6ccccc6c5)[C@@]4(C)CC[C@@H]32)C1)C(C)(C)C. The minimum atomic E-state index is 0.254. The van der Waals surface area contributed by atoms with Crippen LogP contribution in [0.5, 0.6) is 0 Å². The van der Waals surface area contributed by atoms with Crippen molar-refractivity contribution in [2.75, 3.05) is 7.05 Å². The van der Waals surface area contributed by atoms with Crippen LogP contribution in [-0.4, -0.2) is 23.5 Å². The molecular formula is C34H47N. The van der Waals surface area contributed by atoms with Gasteiger partial charge in [0.05, 0.1) is 0 Å². The summed E-state index contributed by atoms with van der Waals surface area (Å²) in [7, 11) is 2.36. The van der Waals surface area contributed by atoms with Crippen LogP contribution in [0.25, 0.3) is 10.8 Å². The van der Waals surface area contributed by atoms with Gasteiger partial charge in [0.1, 0.15) is 0 Å². The molecule has 0 spiro atoms. The van der Waals surface area contributed by atoms with Crippen molar-refractivity contribution < 1.29 is 0 Å². The lowest BCUT2D eigenvalue weighted by molar-refractivity contribution is -0.0399. The topological polar surface area (TPSA) is 3.24 Å². The third kappa shape index (κ3) is 3.66. The summed E-state index contributed by atoms with van der Waals surface area (Å²) in [5.74, 6) is 3.41. The lowest BCUT2D eigenvalue weighted by Gasteiger charge is -2.59. The first-order valence-electron chi connectivity index (χ1n) is 14.5. The van der Waals surface area contributed by atoms with Gasteiger partial charge in [-0.15, -0.1) is 0 Å². The highest BCUT2D eigenvalue weighted by Crippen LogP contribution is 2.68. The predicted octanol–water partition coefficient (Wildman–Crippen LogP) is 8.99. The zero-order valence-electron chi connectivity index (χ0n) is 23.1. The lowest BCUT2D eigenvalue weighted by Crippen LogP contribution is -2.53. The molecule has 0 heterocycles. The van der Waals surface area contributed by atoms with Crippen molar-refractivity contribution in [2.45, 2.75) is 103 Å². The molecule has 0 amide bonds. The van der Waals surface area contributed by atoms with Crippen LogP contribution in [0.1, 0.15) is 97.5 Å². The molecule has 0 aromatic heterocycles. The molecule has 4 aliphatic carbocycles. The summed E-state index contributed by atoms with van der Waals surface area (Å²) < 4.78 is 0. The second kappa shape index (κ2) is 8.20. The number of nitrogens with zero attached hydrogens (tertiary/aromatic N) is 1. The summed E-state index contributed by atoms with van der Waals surface area (Å²) in [6.07, 6.45) is 13.8. The zero-order chi connectivity index (χ0) is 24.6. The van der Waals surface area contributed by atoms with E-state index in [9.17, 15) is 0 Å². The lowest BCUT2D eigenvalue weighted by atomic mass is 9.47. The van der Waals surface area contributed by atoms with Gasteiger partial charge in [0, 0.05) is 11.6 Å². The molecule has 1 heteroatoms. The van der Waals surface area contributed by atoms with Crippen LogP contribution in [0.3, 0.4) is 0 Å². The molecule has 0 bridgehead atoms. The van der Waals surface area contributed by atoms with E-state index in [1.165, 1.54) is 62.1 Å². The van der Waals surface area contributed by atoms with Crippen molar-refractivity contribution in [1.29, 1.82) is 0 Å². The van der Waals surface area contributed by atoms with E-state index in [1.54, 1.807) is 5.56 Å². The van der Waals surface area contributed by atoms with Crippen LogP contribution in [0.4, 0.5) is 0 Å². The Morgan fingerprint density at radius 3 is 2.40 bits per heavy atom. The summed E-state index contributed by atoms with van der Waals surface area (Å²) in [4.78, 5) is 2.66. The highest BCUT2D eigenvalue weighted by atomic mass is 15.2. The number of allylic oxidation sites excluding steroid dienone is 1. The Morgan fingerprint density at radius 2 is 1.63 bits per heavy atom. The number of rotatable bonds is 2. The van der Waals surface area contributed by atoms with Gasteiger partial charge in [0.25, 0.3) is 0 Å². The normalized spacial score (nSPS) is 39.2. The Balaban J connectivity index is 1.26. The maximum Gasteiger partial charge on any atom is 0.0135 e. The molecule has 2 aromatic carbocycles. The third-order valence-corrected chi connectivity index (χ3v) is 11.9. The molecule has 0 unspecified atom stereocenters. The van der Waals surface area contributed by atoms with Gasteiger partial charge in [0.15, 0.2) is 0 Å². The molecule has 2 aromatic rings. The van der Waals surface area contributed by atoms with Gasteiger partial charge in [-0.1, -0.05) is 68.0 Å². The molecule has 0 radical (unpaired) electrons. The zero-order valence-corrected chi connectivity index (χ0v) is 23.1. The molecule has 1 nitrogen and oxygen atoms in total. The average Bonchev–Trinajstić information content (AvgIpc) is 3.19. The Bertz CT molecular complexity index is 1140. The van der Waals surface area contributed by atoms with Gasteiger partial charge in [-0.2, -0.15) is 0 Å². The first kappa shape index (κ1) is 23.8. The third-order valence-electron chi connectivity index (χ3n) is 11.9. The highest BCUT2D eigenvalue weighted by molar-refractivity contribution is 5.83. The van der Waals surface area contributed by atoms with Gasteiger partial charge in [-0.05, 0) is 130 Å². The molecule has 0 aliphatic heterocycles. The Morgan fingerprint density at radius 1 is 0.857 bits per heavy atom. The molecule has 6 rings (SSSR count). The van der Waals surface area contributed by atoms with Gasteiger partial charge in [-0.25, -0.2) is 0 Å². The van der Waals surface area contributed by atoms with Crippen LogP contribution in [-0.2, 0) is 0 Å². The predicted molar refractivity (Wildman–Crippen MR) is 150 cm³/mol. The number of hydrogen-bond acceptors (Lipinski definition) is 1. The van der Waals surface area contributed by atoms with E-state index in [4.69, 9.17) is 0 Å². The Hall–Kier alpha value is -1.60. The summed E-state index contributed by atoms with van der Waals surface area (Å²) in [5, 5.41) is 2.80. The van der Waals surface area contributed by atoms with E-state index in [-0.39, 0.29) is 5.54 Å². The van der Waals surface area contributed by atoms with Crippen molar-refractivity contribution in [1.82, 2.24) is 4.90 Å². The van der Waals surface area contributed by atoms with E-state index in [2.05, 4.69) is 95.1 Å². The Kier molecular flexibility index (Phi) is 5.57. The first-order valence-corrected chi connectivity index (χ1v) is 14.5. The minimum absolute atomic E-state index is 0.254. The first-order chi connectivity index (χ1) is 16.6. The number of fused-ring (bicyclic) bond motifs is 6. The maximum atomic E-state index is 2.75. The maximum absolute atomic E-state index is 2.75.